The summed E-state index contributed by atoms with van der Waals surface area (Å²) in [6.45, 7) is 2.15. The number of benzene rings is 1. The molecule has 1 saturated carbocycles. The van der Waals surface area contributed by atoms with Crippen molar-refractivity contribution in [1.29, 1.82) is 0 Å². The summed E-state index contributed by atoms with van der Waals surface area (Å²) in [4.78, 5) is 0. The first-order chi connectivity index (χ1) is 9.14. The standard InChI is InChI=1S/C16H24FNO/c1-12(17)13-7-6-8-14(19-2)15(13)16(11-18)9-4-3-5-10-16/h6-8,12H,3-5,9-11,18H2,1-2H3. The predicted molar refractivity (Wildman–Crippen MR) is 76.3 cm³/mol. The van der Waals surface area contributed by atoms with Crippen molar-refractivity contribution in [2.24, 2.45) is 5.73 Å². The van der Waals surface area contributed by atoms with Gasteiger partial charge in [0.1, 0.15) is 11.9 Å². The van der Waals surface area contributed by atoms with E-state index in [4.69, 9.17) is 10.5 Å². The maximum atomic E-state index is 14.0. The fourth-order valence-corrected chi connectivity index (χ4v) is 3.40. The van der Waals surface area contributed by atoms with Crippen LogP contribution >= 0.6 is 0 Å². The summed E-state index contributed by atoms with van der Waals surface area (Å²) in [6.07, 6.45) is 4.64. The van der Waals surface area contributed by atoms with Gasteiger partial charge < -0.3 is 10.5 Å². The second-order valence-electron chi connectivity index (χ2n) is 5.59. The monoisotopic (exact) mass is 265 g/mol. The van der Waals surface area contributed by atoms with E-state index in [0.29, 0.717) is 6.54 Å². The molecule has 2 rings (SSSR count). The van der Waals surface area contributed by atoms with Crippen molar-refractivity contribution in [2.75, 3.05) is 13.7 Å². The molecule has 0 heterocycles. The van der Waals surface area contributed by atoms with Crippen LogP contribution < -0.4 is 10.5 Å². The van der Waals surface area contributed by atoms with E-state index in [1.165, 1.54) is 6.42 Å². The summed E-state index contributed by atoms with van der Waals surface area (Å²) in [7, 11) is 1.65. The highest BCUT2D eigenvalue weighted by atomic mass is 19.1. The van der Waals surface area contributed by atoms with E-state index in [2.05, 4.69) is 0 Å². The molecule has 1 unspecified atom stereocenters. The van der Waals surface area contributed by atoms with Crippen molar-refractivity contribution in [3.05, 3.63) is 29.3 Å². The van der Waals surface area contributed by atoms with Crippen LogP contribution in [0, 0.1) is 0 Å². The molecule has 0 radical (unpaired) electrons. The van der Waals surface area contributed by atoms with Crippen LogP contribution in [0.25, 0.3) is 0 Å². The van der Waals surface area contributed by atoms with Crippen molar-refractivity contribution < 1.29 is 9.13 Å². The highest BCUT2D eigenvalue weighted by Gasteiger charge is 2.37. The minimum Gasteiger partial charge on any atom is -0.496 e. The van der Waals surface area contributed by atoms with E-state index < -0.39 is 6.17 Å². The molecule has 0 aliphatic heterocycles. The zero-order valence-corrected chi connectivity index (χ0v) is 11.9. The first-order valence-electron chi connectivity index (χ1n) is 7.16. The lowest BCUT2D eigenvalue weighted by atomic mass is 9.67. The largest absolute Gasteiger partial charge is 0.496 e. The van der Waals surface area contributed by atoms with Gasteiger partial charge in [-0.25, -0.2) is 4.39 Å². The van der Waals surface area contributed by atoms with Gasteiger partial charge in [-0.1, -0.05) is 31.4 Å². The Morgan fingerprint density at radius 3 is 2.53 bits per heavy atom. The molecule has 1 atom stereocenters. The van der Waals surface area contributed by atoms with Gasteiger partial charge >= 0.3 is 0 Å². The maximum Gasteiger partial charge on any atom is 0.123 e. The van der Waals surface area contributed by atoms with Gasteiger partial charge in [-0.3, -0.25) is 0 Å². The summed E-state index contributed by atoms with van der Waals surface area (Å²) in [5.41, 5.74) is 7.73. The lowest BCUT2D eigenvalue weighted by Crippen LogP contribution is -2.38. The summed E-state index contributed by atoms with van der Waals surface area (Å²) in [6, 6.07) is 5.66. The molecule has 19 heavy (non-hydrogen) atoms. The first-order valence-corrected chi connectivity index (χ1v) is 7.16. The van der Waals surface area contributed by atoms with Crippen LogP contribution in [0.3, 0.4) is 0 Å². The molecule has 0 bridgehead atoms. The highest BCUT2D eigenvalue weighted by Crippen LogP contribution is 2.46. The number of alkyl halides is 1. The normalized spacial score (nSPS) is 20.0. The van der Waals surface area contributed by atoms with Crippen LogP contribution in [0.15, 0.2) is 18.2 Å². The number of rotatable bonds is 4. The van der Waals surface area contributed by atoms with Gasteiger partial charge in [0.2, 0.25) is 0 Å². The quantitative estimate of drug-likeness (QED) is 0.896. The Morgan fingerprint density at radius 2 is 2.00 bits per heavy atom. The number of hydrogen-bond acceptors (Lipinski definition) is 2. The number of halogens is 1. The van der Waals surface area contributed by atoms with Crippen LogP contribution in [0.2, 0.25) is 0 Å². The van der Waals surface area contributed by atoms with E-state index in [1.54, 1.807) is 14.0 Å². The van der Waals surface area contributed by atoms with Crippen molar-refractivity contribution in [1.82, 2.24) is 0 Å². The molecular formula is C16H24FNO. The third-order valence-corrected chi connectivity index (χ3v) is 4.44. The van der Waals surface area contributed by atoms with Gasteiger partial charge in [0, 0.05) is 17.5 Å². The van der Waals surface area contributed by atoms with Crippen molar-refractivity contribution >= 4 is 0 Å². The lowest BCUT2D eigenvalue weighted by molar-refractivity contribution is 0.277. The average Bonchev–Trinajstić information content (AvgIpc) is 2.47. The Morgan fingerprint density at radius 1 is 1.32 bits per heavy atom. The zero-order valence-electron chi connectivity index (χ0n) is 11.9. The number of ether oxygens (including phenoxy) is 1. The predicted octanol–water partition coefficient (Wildman–Crippen LogP) is 3.89. The van der Waals surface area contributed by atoms with E-state index in [0.717, 1.165) is 42.6 Å². The Kier molecular flexibility index (Phi) is 4.46. The molecule has 2 nitrogen and oxygen atoms in total. The zero-order chi connectivity index (χ0) is 13.9. The molecule has 3 heteroatoms. The molecule has 0 spiro atoms. The number of nitrogens with two attached hydrogens (primary N) is 1. The van der Waals surface area contributed by atoms with Gasteiger partial charge in [-0.15, -0.1) is 0 Å². The Labute approximate surface area is 115 Å². The molecule has 1 aromatic rings. The summed E-state index contributed by atoms with van der Waals surface area (Å²) < 4.78 is 19.5. The van der Waals surface area contributed by atoms with Crippen LogP contribution in [0.1, 0.15) is 56.3 Å². The van der Waals surface area contributed by atoms with Crippen molar-refractivity contribution in [3.8, 4) is 5.75 Å². The number of methoxy groups -OCH3 is 1. The molecule has 2 N–H and O–H groups in total. The van der Waals surface area contributed by atoms with Crippen molar-refractivity contribution in [3.63, 3.8) is 0 Å². The van der Waals surface area contributed by atoms with E-state index in [1.807, 2.05) is 18.2 Å². The first kappa shape index (κ1) is 14.3. The molecule has 106 valence electrons. The fourth-order valence-electron chi connectivity index (χ4n) is 3.40. The van der Waals surface area contributed by atoms with E-state index >= 15 is 0 Å². The second-order valence-corrected chi connectivity index (χ2v) is 5.59. The average molecular weight is 265 g/mol. The van der Waals surface area contributed by atoms with E-state index in [9.17, 15) is 4.39 Å². The molecule has 0 saturated heterocycles. The molecule has 1 aliphatic carbocycles. The van der Waals surface area contributed by atoms with Gasteiger partial charge in [-0.2, -0.15) is 0 Å². The molecule has 0 aromatic heterocycles. The van der Waals surface area contributed by atoms with Gasteiger partial charge in [0.15, 0.2) is 0 Å². The highest BCUT2D eigenvalue weighted by molar-refractivity contribution is 5.47. The smallest absolute Gasteiger partial charge is 0.123 e. The van der Waals surface area contributed by atoms with Crippen molar-refractivity contribution in [2.45, 2.75) is 50.6 Å². The minimum atomic E-state index is -0.990. The van der Waals surface area contributed by atoms with Crippen LogP contribution in [-0.4, -0.2) is 13.7 Å². The third-order valence-electron chi connectivity index (χ3n) is 4.44. The topological polar surface area (TPSA) is 35.2 Å². The Bertz CT molecular complexity index is 425. The summed E-state index contributed by atoms with van der Waals surface area (Å²) >= 11 is 0. The summed E-state index contributed by atoms with van der Waals surface area (Å²) in [5.74, 6) is 0.786. The fraction of sp³-hybridized carbons (Fsp3) is 0.625. The van der Waals surface area contributed by atoms with Crippen LogP contribution in [0.5, 0.6) is 5.75 Å². The molecule has 1 fully saturated rings. The Balaban J connectivity index is 2.56. The van der Waals surface area contributed by atoms with Gasteiger partial charge in [0.25, 0.3) is 0 Å². The van der Waals surface area contributed by atoms with Gasteiger partial charge in [-0.05, 0) is 31.4 Å². The Hall–Kier alpha value is -1.09. The number of hydrogen-bond donors (Lipinski definition) is 1. The van der Waals surface area contributed by atoms with Crippen LogP contribution in [0.4, 0.5) is 4.39 Å². The van der Waals surface area contributed by atoms with Crippen LogP contribution in [-0.2, 0) is 5.41 Å². The maximum absolute atomic E-state index is 14.0. The molecule has 1 aromatic carbocycles. The SMILES string of the molecule is COc1cccc(C(C)F)c1C1(CN)CCCCC1. The molecular weight excluding hydrogens is 241 g/mol. The lowest BCUT2D eigenvalue weighted by Gasteiger charge is -2.39. The minimum absolute atomic E-state index is 0.111. The summed E-state index contributed by atoms with van der Waals surface area (Å²) in [5, 5.41) is 0. The van der Waals surface area contributed by atoms with E-state index in [-0.39, 0.29) is 5.41 Å². The van der Waals surface area contributed by atoms with Gasteiger partial charge in [0.05, 0.1) is 7.11 Å². The third kappa shape index (κ3) is 2.62. The second kappa shape index (κ2) is 5.91. The molecule has 1 aliphatic rings. The molecule has 0 amide bonds.